The number of nitrogens with one attached hydrogen (secondary N) is 1. The van der Waals surface area contributed by atoms with Crippen molar-refractivity contribution in [1.29, 1.82) is 0 Å². The third-order valence-corrected chi connectivity index (χ3v) is 4.63. The Balaban J connectivity index is 2.11. The highest BCUT2D eigenvalue weighted by molar-refractivity contribution is 9.10. The Labute approximate surface area is 125 Å². The van der Waals surface area contributed by atoms with Crippen molar-refractivity contribution in [2.24, 2.45) is 11.1 Å². The summed E-state index contributed by atoms with van der Waals surface area (Å²) in [6.45, 7) is 1.11. The van der Waals surface area contributed by atoms with E-state index in [9.17, 15) is 13.2 Å². The lowest BCUT2D eigenvalue weighted by Crippen LogP contribution is -2.30. The van der Waals surface area contributed by atoms with Crippen LogP contribution in [0.4, 0.5) is 5.69 Å². The van der Waals surface area contributed by atoms with Gasteiger partial charge in [-0.15, -0.1) is 0 Å². The smallest absolute Gasteiger partial charge is 0.238 e. The second-order valence-corrected chi connectivity index (χ2v) is 7.01. The van der Waals surface area contributed by atoms with Crippen molar-refractivity contribution in [3.8, 4) is 0 Å². The van der Waals surface area contributed by atoms with Crippen molar-refractivity contribution in [3.05, 3.63) is 22.7 Å². The summed E-state index contributed by atoms with van der Waals surface area (Å²) < 4.78 is 28.2. The van der Waals surface area contributed by atoms with Gasteiger partial charge in [-0.3, -0.25) is 4.79 Å². The van der Waals surface area contributed by atoms with Crippen LogP contribution in [0.15, 0.2) is 27.6 Å². The summed E-state index contributed by atoms with van der Waals surface area (Å²) in [6.07, 6.45) is 1.66. The molecular weight excluding hydrogens is 348 g/mol. The molecule has 1 saturated heterocycles. The van der Waals surface area contributed by atoms with Crippen LogP contribution in [0, 0.1) is 5.92 Å². The van der Waals surface area contributed by atoms with E-state index in [0.717, 1.165) is 12.8 Å². The van der Waals surface area contributed by atoms with E-state index >= 15 is 0 Å². The van der Waals surface area contributed by atoms with Crippen LogP contribution in [0.5, 0.6) is 0 Å². The summed E-state index contributed by atoms with van der Waals surface area (Å²) in [5, 5.41) is 7.80. The SMILES string of the molecule is NS(=O)(=O)c1ccc(NC(=O)C2CCCOC2)c(Br)c1. The van der Waals surface area contributed by atoms with E-state index in [0.29, 0.717) is 23.4 Å². The lowest BCUT2D eigenvalue weighted by molar-refractivity contribution is -0.123. The number of ether oxygens (including phenoxy) is 1. The molecule has 0 saturated carbocycles. The van der Waals surface area contributed by atoms with E-state index in [2.05, 4.69) is 21.2 Å². The predicted octanol–water partition coefficient (Wildman–Crippen LogP) is 1.46. The maximum atomic E-state index is 12.0. The zero-order chi connectivity index (χ0) is 14.8. The molecule has 1 aliphatic rings. The first kappa shape index (κ1) is 15.4. The number of rotatable bonds is 3. The monoisotopic (exact) mass is 362 g/mol. The van der Waals surface area contributed by atoms with E-state index in [4.69, 9.17) is 9.88 Å². The second kappa shape index (κ2) is 6.21. The molecular formula is C12H15BrN2O4S. The van der Waals surface area contributed by atoms with E-state index in [-0.39, 0.29) is 16.7 Å². The third kappa shape index (κ3) is 3.78. The van der Waals surface area contributed by atoms with Crippen LogP contribution < -0.4 is 10.5 Å². The van der Waals surface area contributed by atoms with E-state index < -0.39 is 10.0 Å². The molecule has 1 heterocycles. The van der Waals surface area contributed by atoms with Crippen molar-refractivity contribution in [1.82, 2.24) is 0 Å². The Bertz CT molecular complexity index is 612. The Morgan fingerprint density at radius 2 is 2.20 bits per heavy atom. The summed E-state index contributed by atoms with van der Waals surface area (Å²) in [7, 11) is -3.75. The summed E-state index contributed by atoms with van der Waals surface area (Å²) >= 11 is 3.23. The van der Waals surface area contributed by atoms with Gasteiger partial charge in [0.15, 0.2) is 0 Å². The van der Waals surface area contributed by atoms with E-state index in [1.165, 1.54) is 18.2 Å². The van der Waals surface area contributed by atoms with Gasteiger partial charge in [-0.25, -0.2) is 13.6 Å². The van der Waals surface area contributed by atoms with Crippen LogP contribution in [0.2, 0.25) is 0 Å². The number of primary sulfonamides is 1. The van der Waals surface area contributed by atoms with Crippen LogP contribution >= 0.6 is 15.9 Å². The van der Waals surface area contributed by atoms with Crippen molar-refractivity contribution in [2.45, 2.75) is 17.7 Å². The van der Waals surface area contributed by atoms with Gasteiger partial charge in [0.1, 0.15) is 0 Å². The zero-order valence-corrected chi connectivity index (χ0v) is 13.0. The van der Waals surface area contributed by atoms with Crippen molar-refractivity contribution < 1.29 is 17.9 Å². The predicted molar refractivity (Wildman–Crippen MR) is 77.7 cm³/mol. The lowest BCUT2D eigenvalue weighted by atomic mass is 10.0. The Kier molecular flexibility index (Phi) is 4.79. The summed E-state index contributed by atoms with van der Waals surface area (Å²) in [5.41, 5.74) is 0.507. The molecule has 3 N–H and O–H groups in total. The molecule has 20 heavy (non-hydrogen) atoms. The van der Waals surface area contributed by atoms with Gasteiger partial charge >= 0.3 is 0 Å². The third-order valence-electron chi connectivity index (χ3n) is 3.06. The molecule has 0 aromatic heterocycles. The fourth-order valence-electron chi connectivity index (χ4n) is 1.96. The van der Waals surface area contributed by atoms with Gasteiger partial charge in [-0.2, -0.15) is 0 Å². The van der Waals surface area contributed by atoms with Gasteiger partial charge in [0, 0.05) is 11.1 Å². The number of carbonyl (C=O) groups is 1. The summed E-state index contributed by atoms with van der Waals surface area (Å²) in [5.74, 6) is -0.303. The number of amides is 1. The minimum atomic E-state index is -3.75. The van der Waals surface area contributed by atoms with Crippen LogP contribution in [-0.2, 0) is 19.6 Å². The average Bonchev–Trinajstić information content (AvgIpc) is 2.41. The van der Waals surface area contributed by atoms with E-state index in [1.54, 1.807) is 0 Å². The standard InChI is InChI=1S/C12H15BrN2O4S/c13-10-6-9(20(14,17)18)3-4-11(10)15-12(16)8-2-1-5-19-7-8/h3-4,6,8H,1-2,5,7H2,(H,15,16)(H2,14,17,18). The molecule has 1 atom stereocenters. The number of sulfonamides is 1. The van der Waals surface area contributed by atoms with Gasteiger partial charge in [0.25, 0.3) is 0 Å². The molecule has 0 bridgehead atoms. The fraction of sp³-hybridized carbons (Fsp3) is 0.417. The molecule has 1 fully saturated rings. The molecule has 110 valence electrons. The Morgan fingerprint density at radius 1 is 1.45 bits per heavy atom. The number of hydrogen-bond donors (Lipinski definition) is 2. The second-order valence-electron chi connectivity index (χ2n) is 4.59. The Hall–Kier alpha value is -0.960. The molecule has 0 radical (unpaired) electrons. The highest BCUT2D eigenvalue weighted by Crippen LogP contribution is 2.26. The molecule has 1 aromatic rings. The molecule has 0 aliphatic carbocycles. The highest BCUT2D eigenvalue weighted by atomic mass is 79.9. The largest absolute Gasteiger partial charge is 0.381 e. The van der Waals surface area contributed by atoms with Crippen LogP contribution in [0.1, 0.15) is 12.8 Å². The number of halogens is 1. The molecule has 2 rings (SSSR count). The molecule has 1 aliphatic heterocycles. The van der Waals surface area contributed by atoms with Gasteiger partial charge in [0.05, 0.1) is 23.1 Å². The van der Waals surface area contributed by atoms with Crippen molar-refractivity contribution in [2.75, 3.05) is 18.5 Å². The van der Waals surface area contributed by atoms with Gasteiger partial charge in [-0.05, 0) is 47.0 Å². The van der Waals surface area contributed by atoms with Gasteiger partial charge in [-0.1, -0.05) is 0 Å². The number of anilines is 1. The first-order valence-corrected chi connectivity index (χ1v) is 8.43. The summed E-state index contributed by atoms with van der Waals surface area (Å²) in [6, 6.07) is 4.22. The number of nitrogens with two attached hydrogens (primary N) is 1. The molecule has 0 spiro atoms. The molecule has 1 aromatic carbocycles. The average molecular weight is 363 g/mol. The first-order valence-electron chi connectivity index (χ1n) is 6.09. The number of benzene rings is 1. The normalized spacial score (nSPS) is 19.6. The quantitative estimate of drug-likeness (QED) is 0.850. The summed E-state index contributed by atoms with van der Waals surface area (Å²) in [4.78, 5) is 12.0. The molecule has 1 unspecified atom stereocenters. The van der Waals surface area contributed by atoms with E-state index in [1.807, 2.05) is 0 Å². The van der Waals surface area contributed by atoms with Crippen molar-refractivity contribution in [3.63, 3.8) is 0 Å². The number of hydrogen-bond acceptors (Lipinski definition) is 4. The zero-order valence-electron chi connectivity index (χ0n) is 10.6. The fourth-order valence-corrected chi connectivity index (χ4v) is 3.13. The highest BCUT2D eigenvalue weighted by Gasteiger charge is 2.22. The van der Waals surface area contributed by atoms with Gasteiger partial charge in [0.2, 0.25) is 15.9 Å². The Morgan fingerprint density at radius 3 is 2.75 bits per heavy atom. The first-order chi connectivity index (χ1) is 9.38. The van der Waals surface area contributed by atoms with Crippen LogP contribution in [0.25, 0.3) is 0 Å². The van der Waals surface area contributed by atoms with Gasteiger partial charge < -0.3 is 10.1 Å². The number of carbonyl (C=O) groups excluding carboxylic acids is 1. The van der Waals surface area contributed by atoms with Crippen LogP contribution in [0.3, 0.4) is 0 Å². The maximum absolute atomic E-state index is 12.0. The molecule has 8 heteroatoms. The lowest BCUT2D eigenvalue weighted by Gasteiger charge is -2.21. The minimum absolute atomic E-state index is 0.0108. The maximum Gasteiger partial charge on any atom is 0.238 e. The topological polar surface area (TPSA) is 98.5 Å². The molecule has 1 amide bonds. The molecule has 6 nitrogen and oxygen atoms in total. The van der Waals surface area contributed by atoms with Crippen LogP contribution in [-0.4, -0.2) is 27.5 Å². The minimum Gasteiger partial charge on any atom is -0.381 e. The van der Waals surface area contributed by atoms with Crippen molar-refractivity contribution >= 4 is 37.5 Å².